The molecular formula is C138H86N12. The summed E-state index contributed by atoms with van der Waals surface area (Å²) >= 11 is 0. The topological polar surface area (TPSA) is 107 Å². The first-order valence-electron chi connectivity index (χ1n) is 51.0. The Bertz CT molecular complexity index is 11100. The Morgan fingerprint density at radius 1 is 0.127 bits per heavy atom. The lowest BCUT2D eigenvalue weighted by atomic mass is 10.0. The van der Waals surface area contributed by atoms with Crippen LogP contribution < -0.4 is 0 Å². The van der Waals surface area contributed by atoms with Gasteiger partial charge in [-0.15, -0.1) is 0 Å². The maximum Gasteiger partial charge on any atom is 0.165 e. The molecule has 0 spiro atoms. The Kier molecular flexibility index (Phi) is 19.7. The van der Waals surface area contributed by atoms with Crippen LogP contribution in [0.2, 0.25) is 0 Å². The molecular weight excluding hydrogens is 1830 g/mol. The molecule has 0 N–H and O–H groups in total. The summed E-state index contributed by atoms with van der Waals surface area (Å²) in [6.45, 7) is 0. The van der Waals surface area contributed by atoms with Crippen molar-refractivity contribution >= 4 is 196 Å². The highest BCUT2D eigenvalue weighted by molar-refractivity contribution is 6.29. The van der Waals surface area contributed by atoms with Crippen LogP contribution in [0.4, 0.5) is 0 Å². The molecule has 0 saturated heterocycles. The minimum absolute atomic E-state index is 0.707. The number of rotatable bonds is 11. The Labute approximate surface area is 859 Å². The fourth-order valence-corrected chi connectivity index (χ4v) is 23.6. The van der Waals surface area contributed by atoms with Gasteiger partial charge in [-0.3, -0.25) is 4.57 Å². The third-order valence-corrected chi connectivity index (χ3v) is 30.2. The third-order valence-electron chi connectivity index (χ3n) is 30.2. The highest BCUT2D eigenvalue weighted by atomic mass is 15.1. The predicted molar refractivity (Wildman–Crippen MR) is 624 cm³/mol. The summed E-state index contributed by atoms with van der Waals surface area (Å²) in [5.41, 5.74) is 32.7. The van der Waals surface area contributed by atoms with E-state index in [2.05, 4.69) is 476 Å². The van der Waals surface area contributed by atoms with E-state index < -0.39 is 0 Å². The molecule has 9 aromatic heterocycles. The number of benzene rings is 23. The number of aromatic nitrogens is 12. The zero-order valence-electron chi connectivity index (χ0n) is 81.0. The predicted octanol–water partition coefficient (Wildman–Crippen LogP) is 35.3. The smallest absolute Gasteiger partial charge is 0.165 e. The van der Waals surface area contributed by atoms with Gasteiger partial charge in [-0.1, -0.05) is 358 Å². The minimum atomic E-state index is 0.707. The first-order chi connectivity index (χ1) is 74.4. The van der Waals surface area contributed by atoms with Gasteiger partial charge in [0.2, 0.25) is 0 Å². The average Bonchev–Trinajstić information content (AvgIpc) is 1.55. The van der Waals surface area contributed by atoms with Crippen molar-refractivity contribution in [2.75, 3.05) is 0 Å². The summed E-state index contributed by atoms with van der Waals surface area (Å²) in [5.74, 6) is 1.53. The Hall–Kier alpha value is -20.3. The van der Waals surface area contributed by atoms with Crippen molar-refractivity contribution < 1.29 is 0 Å². The molecule has 12 nitrogen and oxygen atoms in total. The van der Waals surface area contributed by atoms with Crippen molar-refractivity contribution in [3.05, 3.63) is 522 Å². The lowest BCUT2D eigenvalue weighted by Gasteiger charge is -2.14. The standard InChI is InChI=1S/2C48H30N4.C42H26N4/c1-3-14-32(15-4-1)47-48(50-41-21-11-10-20-40(41)49-47)33-23-26-35(27-24-33)51-42-22-12-9-19-37(42)38-29-39-45(30-44(38)51)52(34-16-5-2-6-17-34)43-28-25-31-13-7-8-18-36(31)46(39)43;1-3-15-32(16-4-1)47-38-23-9-11-24-41(38)49-48(50-47)33-17-13-20-35(28-33)52-42-25-12-10-22-37(42)39-29-40-45(30-44(39)52)51(34-18-5-2-6-19-34)43-27-26-31-14-7-8-21-36(31)46(40)43;1-3-14-28(15-4-1)41-42(44-35-21-11-10-20-34(35)43-41)46-36-22-12-9-19-31(36)32-25-33-39(26-38(32)46)45(29-16-5-2-6-17-29)37-24-23-27-13-7-8-18-30(27)40(33)37/h2*1-30H;1-26H. The summed E-state index contributed by atoms with van der Waals surface area (Å²) in [5, 5.41) is 23.4. The molecule has 0 amide bonds. The zero-order valence-corrected chi connectivity index (χ0v) is 81.0. The van der Waals surface area contributed by atoms with Crippen LogP contribution in [-0.2, 0) is 0 Å². The monoisotopic (exact) mass is 1910 g/mol. The van der Waals surface area contributed by atoms with Crippen molar-refractivity contribution in [2.24, 2.45) is 0 Å². The van der Waals surface area contributed by atoms with Crippen LogP contribution in [0.1, 0.15) is 0 Å². The molecule has 0 bridgehead atoms. The second kappa shape index (κ2) is 34.7. The van der Waals surface area contributed by atoms with Crippen molar-refractivity contribution in [1.82, 2.24) is 57.3 Å². The molecule has 0 aliphatic heterocycles. The van der Waals surface area contributed by atoms with Crippen molar-refractivity contribution in [3.8, 4) is 90.7 Å². The lowest BCUT2D eigenvalue weighted by molar-refractivity contribution is 1.08. The summed E-state index contributed by atoms with van der Waals surface area (Å²) in [7, 11) is 0. The molecule has 0 radical (unpaired) electrons. The van der Waals surface area contributed by atoms with E-state index in [9.17, 15) is 0 Å². The lowest BCUT2D eigenvalue weighted by Crippen LogP contribution is -2.03. The van der Waals surface area contributed by atoms with Crippen LogP contribution in [-0.4, -0.2) is 57.3 Å². The Morgan fingerprint density at radius 2 is 0.413 bits per heavy atom. The molecule has 32 aromatic rings. The first-order valence-corrected chi connectivity index (χ1v) is 51.0. The van der Waals surface area contributed by atoms with Gasteiger partial charge in [0.05, 0.1) is 111 Å². The maximum atomic E-state index is 5.33. The van der Waals surface area contributed by atoms with E-state index in [1.807, 2.05) is 72.8 Å². The van der Waals surface area contributed by atoms with Crippen molar-refractivity contribution in [2.45, 2.75) is 0 Å². The molecule has 23 aromatic carbocycles. The van der Waals surface area contributed by atoms with Gasteiger partial charge in [0.1, 0.15) is 5.69 Å². The van der Waals surface area contributed by atoms with Crippen molar-refractivity contribution in [3.63, 3.8) is 0 Å². The fourth-order valence-electron chi connectivity index (χ4n) is 23.6. The molecule has 0 unspecified atom stereocenters. The number of fused-ring (bicyclic) bond motifs is 27. The van der Waals surface area contributed by atoms with E-state index >= 15 is 0 Å². The fraction of sp³-hybridized carbons (Fsp3) is 0. The first kappa shape index (κ1) is 85.3. The molecule has 150 heavy (non-hydrogen) atoms. The van der Waals surface area contributed by atoms with Crippen LogP contribution in [0, 0.1) is 0 Å². The van der Waals surface area contributed by atoms with E-state index in [-0.39, 0.29) is 0 Å². The number of hydrogen-bond donors (Lipinski definition) is 0. The zero-order chi connectivity index (χ0) is 98.5. The molecule has 0 fully saturated rings. The van der Waals surface area contributed by atoms with Gasteiger partial charge in [-0.25, -0.2) is 29.9 Å². The second-order valence-corrected chi connectivity index (χ2v) is 38.7. The van der Waals surface area contributed by atoms with E-state index in [4.69, 9.17) is 29.9 Å². The van der Waals surface area contributed by atoms with Crippen LogP contribution in [0.25, 0.3) is 287 Å². The highest BCUT2D eigenvalue weighted by Gasteiger charge is 2.28. The number of nitrogens with zero attached hydrogens (tertiary/aromatic N) is 12. The molecule has 0 atom stereocenters. The molecule has 12 heteroatoms. The van der Waals surface area contributed by atoms with Crippen LogP contribution in [0.5, 0.6) is 0 Å². The molecule has 9 heterocycles. The molecule has 0 aliphatic rings. The SMILES string of the molecule is c1ccc(-c2nc(-c3cccc(-n4c5ccccc5c5cc6c7c8ccccc8ccc7n(-c7ccccc7)c6cc54)c3)nc3ccccc23)cc1.c1ccc(-c2nc3ccccc3nc2-c2ccc(-n3c4ccccc4c4cc5c6c7ccccc7ccc6n(-c6ccccc6)c5cc43)cc2)cc1.c1ccc(-c2nc3ccccc3nc2-n2c3ccccc3c3cc4c5c6ccccc6ccc5n(-c5ccccc5)c4cc32)cc1. The maximum absolute atomic E-state index is 5.33. The van der Waals surface area contributed by atoms with E-state index in [1.54, 1.807) is 0 Å². The summed E-state index contributed by atoms with van der Waals surface area (Å²) in [6.07, 6.45) is 0. The summed E-state index contributed by atoms with van der Waals surface area (Å²) in [6, 6.07) is 186. The van der Waals surface area contributed by atoms with Gasteiger partial charge >= 0.3 is 0 Å². The van der Waals surface area contributed by atoms with Gasteiger partial charge in [0, 0.05) is 126 Å². The Morgan fingerprint density at radius 3 is 0.840 bits per heavy atom. The summed E-state index contributed by atoms with van der Waals surface area (Å²) < 4.78 is 14.4. The van der Waals surface area contributed by atoms with Gasteiger partial charge in [0.15, 0.2) is 11.6 Å². The van der Waals surface area contributed by atoms with E-state index in [0.29, 0.717) is 5.82 Å². The van der Waals surface area contributed by atoms with Gasteiger partial charge < -0.3 is 22.8 Å². The van der Waals surface area contributed by atoms with Crippen LogP contribution >= 0.6 is 0 Å². The molecule has 0 saturated carbocycles. The van der Waals surface area contributed by atoms with E-state index in [0.717, 1.165) is 145 Å². The normalized spacial score (nSPS) is 11.9. The molecule has 0 aliphatic carbocycles. The summed E-state index contributed by atoms with van der Waals surface area (Å²) in [4.78, 5) is 31.1. The highest BCUT2D eigenvalue weighted by Crippen LogP contribution is 2.49. The van der Waals surface area contributed by atoms with Gasteiger partial charge in [-0.05, 0) is 196 Å². The van der Waals surface area contributed by atoms with Gasteiger partial charge in [0.25, 0.3) is 0 Å². The molecule has 698 valence electrons. The second-order valence-electron chi connectivity index (χ2n) is 38.7. The number of hydrogen-bond acceptors (Lipinski definition) is 6. The van der Waals surface area contributed by atoms with E-state index in [1.165, 1.54) is 136 Å². The minimum Gasteiger partial charge on any atom is -0.309 e. The largest absolute Gasteiger partial charge is 0.309 e. The average molecular weight is 1910 g/mol. The quantitative estimate of drug-likeness (QED) is 0.128. The van der Waals surface area contributed by atoms with Crippen LogP contribution in [0.3, 0.4) is 0 Å². The van der Waals surface area contributed by atoms with Gasteiger partial charge in [-0.2, -0.15) is 0 Å². The van der Waals surface area contributed by atoms with Crippen molar-refractivity contribution in [1.29, 1.82) is 0 Å². The number of para-hydroxylation sites is 11. The third kappa shape index (κ3) is 13.8. The Balaban J connectivity index is 0.000000104. The molecule has 32 rings (SSSR count). The van der Waals surface area contributed by atoms with Crippen LogP contribution in [0.15, 0.2) is 522 Å².